The summed E-state index contributed by atoms with van der Waals surface area (Å²) in [6.45, 7) is 2.03. The van der Waals surface area contributed by atoms with Crippen LogP contribution in [0.5, 0.6) is 0 Å². The van der Waals surface area contributed by atoms with Crippen LogP contribution in [0.25, 0.3) is 22.8 Å². The standard InChI is InChI=1S/C13H11N3OS/c1-8-6-18-7-11(8)13-15-12(16-17-13)9-2-4-10(14)5-3-9/h2-7H,14H2,1H3. The lowest BCUT2D eigenvalue weighted by Crippen LogP contribution is -1.85. The molecular weight excluding hydrogens is 246 g/mol. The van der Waals surface area contributed by atoms with Crippen LogP contribution in [0.15, 0.2) is 39.5 Å². The van der Waals surface area contributed by atoms with Gasteiger partial charge >= 0.3 is 0 Å². The topological polar surface area (TPSA) is 64.9 Å². The maximum atomic E-state index is 5.64. The first-order valence-corrected chi connectivity index (χ1v) is 6.41. The van der Waals surface area contributed by atoms with Crippen LogP contribution in [0.3, 0.4) is 0 Å². The van der Waals surface area contributed by atoms with Crippen molar-refractivity contribution in [3.05, 3.63) is 40.6 Å². The molecule has 0 unspecified atom stereocenters. The highest BCUT2D eigenvalue weighted by molar-refractivity contribution is 7.08. The highest BCUT2D eigenvalue weighted by atomic mass is 32.1. The average molecular weight is 257 g/mol. The summed E-state index contributed by atoms with van der Waals surface area (Å²) in [5.41, 5.74) is 9.40. The van der Waals surface area contributed by atoms with Crippen molar-refractivity contribution in [3.63, 3.8) is 0 Å². The van der Waals surface area contributed by atoms with Crippen LogP contribution in [0.2, 0.25) is 0 Å². The third kappa shape index (κ3) is 1.89. The molecular formula is C13H11N3OS. The maximum absolute atomic E-state index is 5.64. The van der Waals surface area contributed by atoms with E-state index in [0.717, 1.165) is 22.4 Å². The highest BCUT2D eigenvalue weighted by Crippen LogP contribution is 2.27. The quantitative estimate of drug-likeness (QED) is 0.715. The smallest absolute Gasteiger partial charge is 0.259 e. The number of nitrogens with two attached hydrogens (primary N) is 1. The number of aromatic nitrogens is 2. The number of thiophene rings is 1. The van der Waals surface area contributed by atoms with Gasteiger partial charge in [-0.05, 0) is 42.1 Å². The van der Waals surface area contributed by atoms with Gasteiger partial charge in [0, 0.05) is 16.6 Å². The highest BCUT2D eigenvalue weighted by Gasteiger charge is 2.12. The molecule has 2 aromatic heterocycles. The monoisotopic (exact) mass is 257 g/mol. The Kier molecular flexibility index (Phi) is 2.60. The van der Waals surface area contributed by atoms with E-state index in [1.165, 1.54) is 0 Å². The molecule has 3 aromatic rings. The van der Waals surface area contributed by atoms with Crippen LogP contribution in [-0.4, -0.2) is 10.1 Å². The van der Waals surface area contributed by atoms with Crippen molar-refractivity contribution in [2.24, 2.45) is 0 Å². The van der Waals surface area contributed by atoms with Crippen LogP contribution in [0.4, 0.5) is 5.69 Å². The summed E-state index contributed by atoms with van der Waals surface area (Å²) in [4.78, 5) is 4.40. The Balaban J connectivity index is 1.99. The minimum atomic E-state index is 0.556. The Hall–Kier alpha value is -2.14. The van der Waals surface area contributed by atoms with Crippen LogP contribution >= 0.6 is 11.3 Å². The first-order chi connectivity index (χ1) is 8.74. The van der Waals surface area contributed by atoms with Crippen LogP contribution in [-0.2, 0) is 0 Å². The van der Waals surface area contributed by atoms with Gasteiger partial charge < -0.3 is 10.3 Å². The Morgan fingerprint density at radius 2 is 1.94 bits per heavy atom. The van der Waals surface area contributed by atoms with E-state index in [1.807, 2.05) is 36.6 Å². The second-order valence-corrected chi connectivity index (χ2v) is 4.76. The van der Waals surface area contributed by atoms with Crippen LogP contribution < -0.4 is 5.73 Å². The molecule has 0 saturated carbocycles. The van der Waals surface area contributed by atoms with Crippen molar-refractivity contribution in [2.45, 2.75) is 6.92 Å². The van der Waals surface area contributed by atoms with Crippen LogP contribution in [0.1, 0.15) is 5.56 Å². The maximum Gasteiger partial charge on any atom is 0.259 e. The zero-order chi connectivity index (χ0) is 12.5. The molecule has 2 N–H and O–H groups in total. The third-order valence-electron chi connectivity index (χ3n) is 2.68. The predicted octanol–water partition coefficient (Wildman–Crippen LogP) is 3.36. The lowest BCUT2D eigenvalue weighted by Gasteiger charge is -1.94. The SMILES string of the molecule is Cc1cscc1-c1nc(-c2ccc(N)cc2)no1. The molecule has 0 fully saturated rings. The number of hydrogen-bond donors (Lipinski definition) is 1. The van der Waals surface area contributed by atoms with Crippen molar-refractivity contribution in [1.82, 2.24) is 10.1 Å². The molecule has 0 spiro atoms. The van der Waals surface area contributed by atoms with Crippen molar-refractivity contribution < 1.29 is 4.52 Å². The molecule has 0 atom stereocenters. The van der Waals surface area contributed by atoms with Crippen molar-refractivity contribution in [2.75, 3.05) is 5.73 Å². The third-order valence-corrected chi connectivity index (χ3v) is 3.54. The van der Waals surface area contributed by atoms with E-state index in [4.69, 9.17) is 10.3 Å². The molecule has 4 nitrogen and oxygen atoms in total. The number of hydrogen-bond acceptors (Lipinski definition) is 5. The Morgan fingerprint density at radius 1 is 1.17 bits per heavy atom. The van der Waals surface area contributed by atoms with E-state index in [1.54, 1.807) is 11.3 Å². The fourth-order valence-electron chi connectivity index (χ4n) is 1.66. The molecule has 0 aliphatic heterocycles. The summed E-state index contributed by atoms with van der Waals surface area (Å²) >= 11 is 1.62. The Morgan fingerprint density at radius 3 is 2.61 bits per heavy atom. The lowest BCUT2D eigenvalue weighted by atomic mass is 10.2. The average Bonchev–Trinajstić information content (AvgIpc) is 2.98. The van der Waals surface area contributed by atoms with Gasteiger partial charge in [-0.2, -0.15) is 16.3 Å². The molecule has 0 amide bonds. The summed E-state index contributed by atoms with van der Waals surface area (Å²) < 4.78 is 5.29. The minimum Gasteiger partial charge on any atom is -0.399 e. The largest absolute Gasteiger partial charge is 0.399 e. The van der Waals surface area contributed by atoms with Gasteiger partial charge in [-0.1, -0.05) is 5.16 Å². The normalized spacial score (nSPS) is 10.7. The van der Waals surface area contributed by atoms with Gasteiger partial charge in [0.1, 0.15) is 0 Å². The summed E-state index contributed by atoms with van der Waals surface area (Å²) in [7, 11) is 0. The molecule has 0 aliphatic carbocycles. The summed E-state index contributed by atoms with van der Waals surface area (Å²) in [6.07, 6.45) is 0. The predicted molar refractivity (Wildman–Crippen MR) is 72.2 cm³/mol. The van der Waals surface area contributed by atoms with Gasteiger partial charge in [-0.3, -0.25) is 0 Å². The molecule has 0 radical (unpaired) electrons. The number of nitrogen functional groups attached to an aromatic ring is 1. The van der Waals surface area contributed by atoms with E-state index in [-0.39, 0.29) is 0 Å². The summed E-state index contributed by atoms with van der Waals surface area (Å²) in [5, 5.41) is 8.06. The van der Waals surface area contributed by atoms with E-state index in [9.17, 15) is 0 Å². The molecule has 0 aliphatic rings. The number of aryl methyl sites for hydroxylation is 1. The Labute approximate surface area is 108 Å². The van der Waals surface area contributed by atoms with E-state index in [0.29, 0.717) is 11.7 Å². The van der Waals surface area contributed by atoms with Gasteiger partial charge in [-0.15, -0.1) is 0 Å². The van der Waals surface area contributed by atoms with Crippen molar-refractivity contribution >= 4 is 17.0 Å². The first-order valence-electron chi connectivity index (χ1n) is 5.47. The van der Waals surface area contributed by atoms with Gasteiger partial charge in [0.05, 0.1) is 5.56 Å². The number of benzene rings is 1. The summed E-state index contributed by atoms with van der Waals surface area (Å²) in [5.74, 6) is 1.14. The van der Waals surface area contributed by atoms with Gasteiger partial charge in [0.25, 0.3) is 5.89 Å². The van der Waals surface area contributed by atoms with E-state index in [2.05, 4.69) is 15.5 Å². The number of nitrogens with zero attached hydrogens (tertiary/aromatic N) is 2. The molecule has 18 heavy (non-hydrogen) atoms. The minimum absolute atomic E-state index is 0.556. The van der Waals surface area contributed by atoms with Crippen molar-refractivity contribution in [1.29, 1.82) is 0 Å². The molecule has 2 heterocycles. The molecule has 1 aromatic carbocycles. The lowest BCUT2D eigenvalue weighted by molar-refractivity contribution is 0.432. The number of rotatable bonds is 2. The molecule has 3 rings (SSSR count). The zero-order valence-corrected chi connectivity index (χ0v) is 10.6. The number of anilines is 1. The molecule has 0 bridgehead atoms. The van der Waals surface area contributed by atoms with E-state index >= 15 is 0 Å². The van der Waals surface area contributed by atoms with Gasteiger partial charge in [0.15, 0.2) is 0 Å². The molecule has 5 heteroatoms. The summed E-state index contributed by atoms with van der Waals surface area (Å²) in [6, 6.07) is 7.40. The van der Waals surface area contributed by atoms with Crippen LogP contribution in [0, 0.1) is 6.92 Å². The van der Waals surface area contributed by atoms with Gasteiger partial charge in [0.2, 0.25) is 5.82 Å². The first kappa shape index (κ1) is 11.0. The molecule has 90 valence electrons. The zero-order valence-electron chi connectivity index (χ0n) is 9.75. The second-order valence-electron chi connectivity index (χ2n) is 4.01. The fourth-order valence-corrected chi connectivity index (χ4v) is 2.48. The van der Waals surface area contributed by atoms with E-state index < -0.39 is 0 Å². The fraction of sp³-hybridized carbons (Fsp3) is 0.0769. The molecule has 0 saturated heterocycles. The second kappa shape index (κ2) is 4.27. The van der Waals surface area contributed by atoms with Crippen molar-refractivity contribution in [3.8, 4) is 22.8 Å². The Bertz CT molecular complexity index is 670. The van der Waals surface area contributed by atoms with Gasteiger partial charge in [-0.25, -0.2) is 0 Å².